The van der Waals surface area contributed by atoms with Gasteiger partial charge >= 0.3 is 6.09 Å². The van der Waals surface area contributed by atoms with Crippen molar-refractivity contribution in [3.63, 3.8) is 0 Å². The maximum absolute atomic E-state index is 12.4. The Morgan fingerprint density at radius 1 is 1.19 bits per heavy atom. The van der Waals surface area contributed by atoms with E-state index in [1.54, 1.807) is 37.2 Å². The second-order valence-corrected chi connectivity index (χ2v) is 7.74. The highest BCUT2D eigenvalue weighted by Crippen LogP contribution is 2.26. The molecule has 26 heavy (non-hydrogen) atoms. The van der Waals surface area contributed by atoms with E-state index < -0.39 is 5.60 Å². The lowest BCUT2D eigenvalue weighted by atomic mass is 10.1. The molecule has 0 unspecified atom stereocenters. The number of nitrogen functional groups attached to an aromatic ring is 1. The van der Waals surface area contributed by atoms with Crippen LogP contribution in [0.1, 0.15) is 44.0 Å². The minimum atomic E-state index is -0.504. The fourth-order valence-electron chi connectivity index (χ4n) is 2.72. The average molecular weight is 363 g/mol. The highest BCUT2D eigenvalue weighted by molar-refractivity contribution is 5.97. The third-order valence-corrected chi connectivity index (χ3v) is 4.03. The Bertz CT molecular complexity index is 659. The molecule has 0 radical (unpaired) electrons. The summed E-state index contributed by atoms with van der Waals surface area (Å²) in [7, 11) is 3.38. The summed E-state index contributed by atoms with van der Waals surface area (Å²) < 4.78 is 11.5. The van der Waals surface area contributed by atoms with Gasteiger partial charge in [-0.2, -0.15) is 0 Å². The molecule has 1 aliphatic heterocycles. The van der Waals surface area contributed by atoms with Gasteiger partial charge in [-0.3, -0.25) is 4.79 Å². The van der Waals surface area contributed by atoms with Crippen molar-refractivity contribution in [2.24, 2.45) is 0 Å². The van der Waals surface area contributed by atoms with E-state index >= 15 is 0 Å². The number of anilines is 1. The number of likely N-dealkylation sites (tertiary alicyclic amines) is 1. The van der Waals surface area contributed by atoms with Gasteiger partial charge in [0.1, 0.15) is 17.5 Å². The summed E-state index contributed by atoms with van der Waals surface area (Å²) in [5.74, 6) is 0.368. The maximum atomic E-state index is 12.4. The van der Waals surface area contributed by atoms with Gasteiger partial charge in [0.2, 0.25) is 0 Å². The normalized spacial score (nSPS) is 15.5. The van der Waals surface area contributed by atoms with E-state index in [4.69, 9.17) is 15.2 Å². The lowest BCUT2D eigenvalue weighted by molar-refractivity contribution is 0.0126. The van der Waals surface area contributed by atoms with Crippen LogP contribution in [0.25, 0.3) is 0 Å². The fourth-order valence-corrected chi connectivity index (χ4v) is 2.72. The summed E-state index contributed by atoms with van der Waals surface area (Å²) in [5, 5.41) is 0. The number of rotatable bonds is 3. The molecule has 2 amide bonds. The Kier molecular flexibility index (Phi) is 6.00. The molecule has 0 saturated carbocycles. The van der Waals surface area contributed by atoms with Gasteiger partial charge in [0.05, 0.1) is 5.56 Å². The molecule has 2 rings (SSSR count). The van der Waals surface area contributed by atoms with E-state index in [9.17, 15) is 9.59 Å². The molecule has 0 atom stereocenters. The molecule has 0 aliphatic carbocycles. The fraction of sp³-hybridized carbons (Fsp3) is 0.579. The molecule has 7 heteroatoms. The summed E-state index contributed by atoms with van der Waals surface area (Å²) in [5.41, 5.74) is 6.28. The van der Waals surface area contributed by atoms with Crippen LogP contribution >= 0.6 is 0 Å². The van der Waals surface area contributed by atoms with E-state index in [0.29, 0.717) is 42.9 Å². The summed E-state index contributed by atoms with van der Waals surface area (Å²) in [6.45, 7) is 6.68. The first-order valence-electron chi connectivity index (χ1n) is 8.82. The quantitative estimate of drug-likeness (QED) is 0.835. The third kappa shape index (κ3) is 5.28. The second kappa shape index (κ2) is 7.85. The number of hydrogen-bond donors (Lipinski definition) is 1. The van der Waals surface area contributed by atoms with Crippen molar-refractivity contribution in [1.29, 1.82) is 0 Å². The van der Waals surface area contributed by atoms with E-state index in [-0.39, 0.29) is 18.1 Å². The van der Waals surface area contributed by atoms with Crippen molar-refractivity contribution in [2.45, 2.75) is 45.3 Å². The first-order valence-corrected chi connectivity index (χ1v) is 8.82. The lowest BCUT2D eigenvalue weighted by Crippen LogP contribution is -2.44. The zero-order chi connectivity index (χ0) is 19.5. The van der Waals surface area contributed by atoms with Crippen LogP contribution in [0.5, 0.6) is 5.75 Å². The zero-order valence-corrected chi connectivity index (χ0v) is 16.2. The Hall–Kier alpha value is -2.44. The molecule has 1 fully saturated rings. The molecule has 0 spiro atoms. The van der Waals surface area contributed by atoms with Gasteiger partial charge in [-0.25, -0.2) is 4.79 Å². The highest BCUT2D eigenvalue weighted by Gasteiger charge is 2.28. The number of ether oxygens (including phenoxy) is 2. The predicted molar refractivity (Wildman–Crippen MR) is 100 cm³/mol. The predicted octanol–water partition coefficient (Wildman–Crippen LogP) is 2.75. The van der Waals surface area contributed by atoms with Gasteiger partial charge in [0.25, 0.3) is 5.91 Å². The van der Waals surface area contributed by atoms with Crippen molar-refractivity contribution >= 4 is 17.7 Å². The van der Waals surface area contributed by atoms with Crippen LogP contribution in [0.4, 0.5) is 10.5 Å². The Balaban J connectivity index is 2.00. The highest BCUT2D eigenvalue weighted by atomic mass is 16.6. The number of nitrogens with two attached hydrogens (primary N) is 1. The molecule has 7 nitrogen and oxygen atoms in total. The van der Waals surface area contributed by atoms with Crippen LogP contribution in [-0.2, 0) is 4.74 Å². The van der Waals surface area contributed by atoms with Crippen molar-refractivity contribution in [3.8, 4) is 5.75 Å². The molecule has 1 aromatic rings. The molecule has 0 bridgehead atoms. The molecule has 144 valence electrons. The monoisotopic (exact) mass is 363 g/mol. The first kappa shape index (κ1) is 19.9. The van der Waals surface area contributed by atoms with Crippen LogP contribution in [0.15, 0.2) is 18.2 Å². The minimum Gasteiger partial charge on any atom is -0.489 e. The summed E-state index contributed by atoms with van der Waals surface area (Å²) in [6, 6.07) is 5.08. The van der Waals surface area contributed by atoms with Crippen molar-refractivity contribution in [1.82, 2.24) is 9.80 Å². The van der Waals surface area contributed by atoms with E-state index in [2.05, 4.69) is 0 Å². The standard InChI is InChI=1S/C19H29N3O4/c1-19(2,3)26-18(24)22-10-8-14(9-11-22)25-16-7-6-13(20)12-15(16)17(23)21(4)5/h6-7,12,14H,8-11,20H2,1-5H3. The number of benzene rings is 1. The van der Waals surface area contributed by atoms with Gasteiger partial charge < -0.3 is 25.0 Å². The van der Waals surface area contributed by atoms with Crippen molar-refractivity contribution in [2.75, 3.05) is 32.9 Å². The van der Waals surface area contributed by atoms with Crippen molar-refractivity contribution in [3.05, 3.63) is 23.8 Å². The number of carbonyl (C=O) groups is 2. The molecular weight excluding hydrogens is 334 g/mol. The van der Waals surface area contributed by atoms with Gasteiger partial charge in [0.15, 0.2) is 0 Å². The Morgan fingerprint density at radius 3 is 2.35 bits per heavy atom. The van der Waals surface area contributed by atoms with Gasteiger partial charge in [0, 0.05) is 45.7 Å². The number of amides is 2. The molecule has 1 aromatic carbocycles. The minimum absolute atomic E-state index is 0.0639. The number of hydrogen-bond acceptors (Lipinski definition) is 5. The largest absolute Gasteiger partial charge is 0.489 e. The topological polar surface area (TPSA) is 85.1 Å². The SMILES string of the molecule is CN(C)C(=O)c1cc(N)ccc1OC1CCN(C(=O)OC(C)(C)C)CC1. The second-order valence-electron chi connectivity index (χ2n) is 7.74. The average Bonchev–Trinajstić information content (AvgIpc) is 2.54. The summed E-state index contributed by atoms with van der Waals surface area (Å²) >= 11 is 0. The van der Waals surface area contributed by atoms with Crippen LogP contribution in [0, 0.1) is 0 Å². The number of carbonyl (C=O) groups excluding carboxylic acids is 2. The number of piperidine rings is 1. The lowest BCUT2D eigenvalue weighted by Gasteiger charge is -2.33. The zero-order valence-electron chi connectivity index (χ0n) is 16.2. The van der Waals surface area contributed by atoms with E-state index in [0.717, 1.165) is 0 Å². The van der Waals surface area contributed by atoms with E-state index in [1.165, 1.54) is 4.90 Å². The molecule has 1 heterocycles. The number of nitrogens with zero attached hydrogens (tertiary/aromatic N) is 2. The Labute approximate surface area is 155 Å². The summed E-state index contributed by atoms with van der Waals surface area (Å²) in [4.78, 5) is 27.7. The van der Waals surface area contributed by atoms with Gasteiger partial charge in [-0.1, -0.05) is 0 Å². The first-order chi connectivity index (χ1) is 12.1. The molecule has 2 N–H and O–H groups in total. The van der Waals surface area contributed by atoms with Crippen LogP contribution < -0.4 is 10.5 Å². The molecule has 1 aliphatic rings. The van der Waals surface area contributed by atoms with Gasteiger partial charge in [-0.15, -0.1) is 0 Å². The van der Waals surface area contributed by atoms with Crippen LogP contribution in [0.3, 0.4) is 0 Å². The van der Waals surface area contributed by atoms with E-state index in [1.807, 2.05) is 20.8 Å². The smallest absolute Gasteiger partial charge is 0.410 e. The van der Waals surface area contributed by atoms with Crippen molar-refractivity contribution < 1.29 is 19.1 Å². The van der Waals surface area contributed by atoms with Gasteiger partial charge in [-0.05, 0) is 39.0 Å². The Morgan fingerprint density at radius 2 is 1.81 bits per heavy atom. The maximum Gasteiger partial charge on any atom is 0.410 e. The molecule has 1 saturated heterocycles. The van der Waals surface area contributed by atoms with Crippen LogP contribution in [0.2, 0.25) is 0 Å². The molecule has 0 aromatic heterocycles. The summed E-state index contributed by atoms with van der Waals surface area (Å²) in [6.07, 6.45) is 0.997. The van der Waals surface area contributed by atoms with Crippen LogP contribution in [-0.4, -0.2) is 60.7 Å². The third-order valence-electron chi connectivity index (χ3n) is 4.03. The molecular formula is C19H29N3O4.